The highest BCUT2D eigenvalue weighted by Gasteiger charge is 2.35. The molecular formula is C28H41N5O2. The summed E-state index contributed by atoms with van der Waals surface area (Å²) < 4.78 is 2.13. The standard InChI is InChI=1S/C28H41N5O2/c1-21-17-24-26(18-22(21)2)32(20-29-24)16-10-27(34)33-13-4-3-7-25(33)23-8-14-30(15-9-23)19-28(35)31-11-5-6-12-31/h17-18,20,23,25H,3-16,19H2,1-2H3/t25-/m0/s1. The first-order chi connectivity index (χ1) is 17.0. The van der Waals surface area contributed by atoms with Crippen molar-refractivity contribution in [3.8, 4) is 0 Å². The van der Waals surface area contributed by atoms with Crippen LogP contribution < -0.4 is 0 Å². The maximum Gasteiger partial charge on any atom is 0.236 e. The van der Waals surface area contributed by atoms with E-state index < -0.39 is 0 Å². The third-order valence-corrected chi connectivity index (χ3v) is 8.67. The largest absolute Gasteiger partial charge is 0.342 e. The Balaban J connectivity index is 1.16. The molecule has 0 aliphatic carbocycles. The second kappa shape index (κ2) is 10.7. The van der Waals surface area contributed by atoms with Gasteiger partial charge in [0.15, 0.2) is 0 Å². The molecule has 190 valence electrons. The van der Waals surface area contributed by atoms with Gasteiger partial charge in [0.2, 0.25) is 11.8 Å². The van der Waals surface area contributed by atoms with Crippen LogP contribution in [0.1, 0.15) is 62.5 Å². The fourth-order valence-electron chi connectivity index (χ4n) is 6.36. The Morgan fingerprint density at radius 2 is 1.60 bits per heavy atom. The molecule has 0 N–H and O–H groups in total. The molecule has 3 aliphatic heterocycles. The van der Waals surface area contributed by atoms with Crippen molar-refractivity contribution in [1.82, 2.24) is 24.3 Å². The number of fused-ring (bicyclic) bond motifs is 1. The average molecular weight is 480 g/mol. The van der Waals surface area contributed by atoms with Crippen LogP contribution in [0.2, 0.25) is 0 Å². The highest BCUT2D eigenvalue weighted by Crippen LogP contribution is 2.31. The van der Waals surface area contributed by atoms with Gasteiger partial charge in [0, 0.05) is 38.6 Å². The van der Waals surface area contributed by atoms with Gasteiger partial charge in [-0.2, -0.15) is 0 Å². The lowest BCUT2D eigenvalue weighted by Gasteiger charge is -2.44. The van der Waals surface area contributed by atoms with Crippen LogP contribution >= 0.6 is 0 Å². The van der Waals surface area contributed by atoms with Crippen LogP contribution in [0, 0.1) is 19.8 Å². The molecule has 3 saturated heterocycles. The highest BCUT2D eigenvalue weighted by atomic mass is 16.2. The second-order valence-electron chi connectivity index (χ2n) is 11.0. The molecule has 4 heterocycles. The maximum atomic E-state index is 13.4. The highest BCUT2D eigenvalue weighted by molar-refractivity contribution is 5.79. The number of aryl methyl sites for hydroxylation is 3. The first kappa shape index (κ1) is 24.3. The summed E-state index contributed by atoms with van der Waals surface area (Å²) in [4.78, 5) is 37.1. The topological polar surface area (TPSA) is 61.7 Å². The lowest BCUT2D eigenvalue weighted by atomic mass is 9.83. The normalized spacial score (nSPS) is 22.3. The number of aromatic nitrogens is 2. The number of likely N-dealkylation sites (tertiary alicyclic amines) is 3. The summed E-state index contributed by atoms with van der Waals surface area (Å²) >= 11 is 0. The molecule has 35 heavy (non-hydrogen) atoms. The summed E-state index contributed by atoms with van der Waals surface area (Å²) in [5.41, 5.74) is 4.63. The van der Waals surface area contributed by atoms with Gasteiger partial charge in [-0.1, -0.05) is 0 Å². The number of nitrogens with zero attached hydrogens (tertiary/aromatic N) is 5. The fraction of sp³-hybridized carbons (Fsp3) is 0.679. The fourth-order valence-corrected chi connectivity index (χ4v) is 6.36. The molecule has 7 nitrogen and oxygen atoms in total. The van der Waals surface area contributed by atoms with E-state index >= 15 is 0 Å². The van der Waals surface area contributed by atoms with Crippen LogP contribution in [-0.2, 0) is 16.1 Å². The van der Waals surface area contributed by atoms with E-state index in [2.05, 4.69) is 45.3 Å². The summed E-state index contributed by atoms with van der Waals surface area (Å²) in [6.45, 7) is 10.2. The molecule has 1 aromatic carbocycles. The molecule has 0 radical (unpaired) electrons. The van der Waals surface area contributed by atoms with Gasteiger partial charge >= 0.3 is 0 Å². The van der Waals surface area contributed by atoms with Crippen molar-refractivity contribution in [3.05, 3.63) is 29.6 Å². The summed E-state index contributed by atoms with van der Waals surface area (Å²) in [5.74, 6) is 1.14. The number of benzene rings is 1. The molecule has 7 heteroatoms. The quantitative estimate of drug-likeness (QED) is 0.633. The first-order valence-electron chi connectivity index (χ1n) is 13.7. The lowest BCUT2D eigenvalue weighted by molar-refractivity contribution is -0.137. The van der Waals surface area contributed by atoms with E-state index in [1.54, 1.807) is 0 Å². The molecule has 1 atom stereocenters. The number of imidazole rings is 1. The number of carbonyl (C=O) groups excluding carboxylic acids is 2. The van der Waals surface area contributed by atoms with Crippen molar-refractivity contribution in [3.63, 3.8) is 0 Å². The molecule has 0 saturated carbocycles. The third-order valence-electron chi connectivity index (χ3n) is 8.67. The van der Waals surface area contributed by atoms with Gasteiger partial charge in [0.25, 0.3) is 0 Å². The number of carbonyl (C=O) groups is 2. The van der Waals surface area contributed by atoms with Gasteiger partial charge in [0.1, 0.15) is 0 Å². The minimum atomic E-state index is 0.284. The zero-order valence-corrected chi connectivity index (χ0v) is 21.5. The Labute approximate surface area is 209 Å². The van der Waals surface area contributed by atoms with Gasteiger partial charge < -0.3 is 14.4 Å². The number of hydrogen-bond acceptors (Lipinski definition) is 4. The Kier molecular flexibility index (Phi) is 7.42. The Hall–Kier alpha value is -2.41. The van der Waals surface area contributed by atoms with Crippen molar-refractivity contribution < 1.29 is 9.59 Å². The molecular weight excluding hydrogens is 438 g/mol. The van der Waals surface area contributed by atoms with Crippen LogP contribution in [-0.4, -0.2) is 81.4 Å². The lowest BCUT2D eigenvalue weighted by Crippen LogP contribution is -2.51. The van der Waals surface area contributed by atoms with Crippen LogP contribution in [0.5, 0.6) is 0 Å². The monoisotopic (exact) mass is 479 g/mol. The van der Waals surface area contributed by atoms with Crippen LogP contribution in [0.25, 0.3) is 11.0 Å². The molecule has 2 amide bonds. The molecule has 0 unspecified atom stereocenters. The predicted molar refractivity (Wildman–Crippen MR) is 138 cm³/mol. The summed E-state index contributed by atoms with van der Waals surface area (Å²) in [6.07, 6.45) is 10.3. The molecule has 0 bridgehead atoms. The van der Waals surface area contributed by atoms with E-state index in [-0.39, 0.29) is 5.91 Å². The number of rotatable bonds is 6. The summed E-state index contributed by atoms with van der Waals surface area (Å²) in [6, 6.07) is 4.68. The van der Waals surface area contributed by atoms with Gasteiger partial charge in [-0.15, -0.1) is 0 Å². The molecule has 3 fully saturated rings. The minimum Gasteiger partial charge on any atom is -0.342 e. The van der Waals surface area contributed by atoms with E-state index in [1.807, 2.05) is 11.2 Å². The minimum absolute atomic E-state index is 0.284. The molecule has 2 aromatic rings. The zero-order chi connectivity index (χ0) is 24.4. The first-order valence-corrected chi connectivity index (χ1v) is 13.7. The van der Waals surface area contributed by atoms with Crippen molar-refractivity contribution in [1.29, 1.82) is 0 Å². The van der Waals surface area contributed by atoms with Crippen molar-refractivity contribution in [2.45, 2.75) is 77.8 Å². The van der Waals surface area contributed by atoms with E-state index in [1.165, 1.54) is 17.5 Å². The SMILES string of the molecule is Cc1cc2ncn(CCC(=O)N3CCCC[C@H]3C3CCN(CC(=O)N4CCCC4)CC3)c2cc1C. The number of amides is 2. The van der Waals surface area contributed by atoms with E-state index in [4.69, 9.17) is 0 Å². The van der Waals surface area contributed by atoms with Gasteiger partial charge in [-0.25, -0.2) is 4.98 Å². The summed E-state index contributed by atoms with van der Waals surface area (Å²) in [7, 11) is 0. The van der Waals surface area contributed by atoms with E-state index in [0.29, 0.717) is 37.4 Å². The Bertz CT molecular complexity index is 1050. The summed E-state index contributed by atoms with van der Waals surface area (Å²) in [5, 5.41) is 0. The van der Waals surface area contributed by atoms with Crippen molar-refractivity contribution >= 4 is 22.8 Å². The van der Waals surface area contributed by atoms with Crippen LogP contribution in [0.4, 0.5) is 0 Å². The molecule has 3 aliphatic rings. The van der Waals surface area contributed by atoms with Crippen LogP contribution in [0.15, 0.2) is 18.5 Å². The second-order valence-corrected chi connectivity index (χ2v) is 11.0. The average Bonchev–Trinajstić information content (AvgIpc) is 3.54. The maximum absolute atomic E-state index is 13.4. The molecule has 1 aromatic heterocycles. The third kappa shape index (κ3) is 5.40. The zero-order valence-electron chi connectivity index (χ0n) is 21.5. The van der Waals surface area contributed by atoms with Crippen molar-refractivity contribution in [2.75, 3.05) is 39.3 Å². The smallest absolute Gasteiger partial charge is 0.236 e. The number of hydrogen-bond donors (Lipinski definition) is 0. The Morgan fingerprint density at radius 1 is 0.886 bits per heavy atom. The van der Waals surface area contributed by atoms with Gasteiger partial charge in [0.05, 0.1) is 23.9 Å². The van der Waals surface area contributed by atoms with E-state index in [9.17, 15) is 9.59 Å². The van der Waals surface area contributed by atoms with Crippen LogP contribution in [0.3, 0.4) is 0 Å². The van der Waals surface area contributed by atoms with Gasteiger partial charge in [-0.05, 0) is 101 Å². The number of piperidine rings is 2. The Morgan fingerprint density at radius 3 is 2.37 bits per heavy atom. The predicted octanol–water partition coefficient (Wildman–Crippen LogP) is 3.76. The van der Waals surface area contributed by atoms with Crippen molar-refractivity contribution in [2.24, 2.45) is 5.92 Å². The molecule has 0 spiro atoms. The van der Waals surface area contributed by atoms with Gasteiger partial charge in [-0.3, -0.25) is 14.5 Å². The van der Waals surface area contributed by atoms with E-state index in [0.717, 1.165) is 82.3 Å². The molecule has 5 rings (SSSR count).